The Morgan fingerprint density at radius 1 is 1.11 bits per heavy atom. The van der Waals surface area contributed by atoms with Crippen LogP contribution in [0.4, 0.5) is 4.39 Å². The average Bonchev–Trinajstić information content (AvgIpc) is 3.27. The molecule has 0 spiro atoms. The molecule has 0 unspecified atom stereocenters. The van der Waals surface area contributed by atoms with Crippen LogP contribution in [0.25, 0.3) is 0 Å². The number of amides is 1. The summed E-state index contributed by atoms with van der Waals surface area (Å²) in [6.45, 7) is 2.09. The van der Waals surface area contributed by atoms with Crippen molar-refractivity contribution < 1.29 is 28.6 Å². The van der Waals surface area contributed by atoms with E-state index in [1.807, 2.05) is 37.3 Å². The van der Waals surface area contributed by atoms with Crippen LogP contribution in [-0.2, 0) is 29.3 Å². The van der Waals surface area contributed by atoms with Gasteiger partial charge in [0.15, 0.2) is 5.69 Å². The lowest BCUT2D eigenvalue weighted by Crippen LogP contribution is -2.47. The van der Waals surface area contributed by atoms with Crippen molar-refractivity contribution in [1.29, 1.82) is 0 Å². The molecule has 2 aromatic carbocycles. The van der Waals surface area contributed by atoms with Crippen molar-refractivity contribution in [3.05, 3.63) is 82.8 Å². The molecule has 0 radical (unpaired) electrons. The van der Waals surface area contributed by atoms with E-state index < -0.39 is 11.8 Å². The standard InChI is InChI=1S/C27H30FN3O5/c1-18-11-12-21(28)13-20(18)17-36-26-14-23(27(33)34)30-31(26)15-25(32)29-22-9-5-6-10-24(22)35-16-19-7-3-2-4-8-19/h2-4,7-8,11-14,22,24H,5-6,9-10,15-17H2,1H3,(H,29,32)(H,33,34)/t22-,24-/m0/s1. The number of benzene rings is 2. The van der Waals surface area contributed by atoms with E-state index in [1.165, 1.54) is 22.9 Å². The molecule has 1 fully saturated rings. The molecule has 0 saturated heterocycles. The van der Waals surface area contributed by atoms with Crippen molar-refractivity contribution in [1.82, 2.24) is 15.1 Å². The highest BCUT2D eigenvalue weighted by Crippen LogP contribution is 2.23. The number of ether oxygens (including phenoxy) is 2. The van der Waals surface area contributed by atoms with Gasteiger partial charge in [-0.3, -0.25) is 4.79 Å². The van der Waals surface area contributed by atoms with Crippen molar-refractivity contribution in [2.75, 3.05) is 0 Å². The molecule has 1 aromatic heterocycles. The molecule has 0 aliphatic heterocycles. The number of hydrogen-bond donors (Lipinski definition) is 2. The minimum absolute atomic E-state index is 0.00793. The molecule has 1 amide bonds. The Bertz CT molecular complexity index is 1200. The zero-order valence-corrected chi connectivity index (χ0v) is 20.2. The smallest absolute Gasteiger partial charge is 0.356 e. The van der Waals surface area contributed by atoms with Crippen molar-refractivity contribution in [3.8, 4) is 5.88 Å². The summed E-state index contributed by atoms with van der Waals surface area (Å²) in [5.74, 6) is -1.83. The van der Waals surface area contributed by atoms with E-state index in [0.29, 0.717) is 12.2 Å². The second-order valence-electron chi connectivity index (χ2n) is 8.98. The van der Waals surface area contributed by atoms with E-state index in [2.05, 4.69) is 10.4 Å². The van der Waals surface area contributed by atoms with Gasteiger partial charge < -0.3 is 19.9 Å². The maximum Gasteiger partial charge on any atom is 0.356 e. The minimum atomic E-state index is -1.23. The Hall–Kier alpha value is -3.72. The van der Waals surface area contributed by atoms with Crippen molar-refractivity contribution >= 4 is 11.9 Å². The van der Waals surface area contributed by atoms with Crippen molar-refractivity contribution in [2.45, 2.75) is 64.5 Å². The zero-order chi connectivity index (χ0) is 25.5. The minimum Gasteiger partial charge on any atom is -0.476 e. The summed E-state index contributed by atoms with van der Waals surface area (Å²) in [4.78, 5) is 24.4. The van der Waals surface area contributed by atoms with Gasteiger partial charge >= 0.3 is 5.97 Å². The van der Waals surface area contributed by atoms with Gasteiger partial charge in [-0.1, -0.05) is 49.2 Å². The lowest BCUT2D eigenvalue weighted by atomic mass is 9.92. The Kier molecular flexibility index (Phi) is 8.32. The van der Waals surface area contributed by atoms with Crippen LogP contribution in [-0.4, -0.2) is 38.9 Å². The second kappa shape index (κ2) is 11.8. The predicted octanol–water partition coefficient (Wildman–Crippen LogP) is 4.25. The number of aromatic nitrogens is 2. The highest BCUT2D eigenvalue weighted by Gasteiger charge is 2.28. The van der Waals surface area contributed by atoms with Crippen LogP contribution in [0, 0.1) is 12.7 Å². The van der Waals surface area contributed by atoms with Gasteiger partial charge in [-0.25, -0.2) is 13.9 Å². The highest BCUT2D eigenvalue weighted by molar-refractivity contribution is 5.85. The van der Waals surface area contributed by atoms with Gasteiger partial charge in [0.2, 0.25) is 11.8 Å². The van der Waals surface area contributed by atoms with Crippen LogP contribution in [0.3, 0.4) is 0 Å². The number of carboxylic acids is 1. The van der Waals surface area contributed by atoms with E-state index in [1.54, 1.807) is 6.07 Å². The van der Waals surface area contributed by atoms with Crippen LogP contribution >= 0.6 is 0 Å². The third-order valence-electron chi connectivity index (χ3n) is 6.30. The molecule has 4 rings (SSSR count). The molecule has 9 heteroatoms. The van der Waals surface area contributed by atoms with Crippen LogP contribution in [0.2, 0.25) is 0 Å². The predicted molar refractivity (Wildman–Crippen MR) is 130 cm³/mol. The molecule has 1 saturated carbocycles. The van der Waals surface area contributed by atoms with E-state index in [9.17, 15) is 19.1 Å². The average molecular weight is 496 g/mol. The molecule has 0 bridgehead atoms. The van der Waals surface area contributed by atoms with Gasteiger partial charge in [0.25, 0.3) is 0 Å². The normalized spacial score (nSPS) is 17.5. The van der Waals surface area contributed by atoms with Crippen molar-refractivity contribution in [2.24, 2.45) is 0 Å². The SMILES string of the molecule is Cc1ccc(F)cc1COc1cc(C(=O)O)nn1CC(=O)N[C@H]1CCCC[C@@H]1OCc1ccccc1. The number of carbonyl (C=O) groups excluding carboxylic acids is 1. The maximum atomic E-state index is 13.6. The molecule has 1 heterocycles. The van der Waals surface area contributed by atoms with Gasteiger partial charge in [0, 0.05) is 6.07 Å². The molecule has 8 nitrogen and oxygen atoms in total. The van der Waals surface area contributed by atoms with Crippen LogP contribution < -0.4 is 10.1 Å². The van der Waals surface area contributed by atoms with Crippen molar-refractivity contribution in [3.63, 3.8) is 0 Å². The van der Waals surface area contributed by atoms with Crippen LogP contribution in [0.15, 0.2) is 54.6 Å². The largest absolute Gasteiger partial charge is 0.476 e. The highest BCUT2D eigenvalue weighted by atomic mass is 19.1. The number of nitrogens with one attached hydrogen (secondary N) is 1. The van der Waals surface area contributed by atoms with Crippen LogP contribution in [0.5, 0.6) is 5.88 Å². The van der Waals surface area contributed by atoms with Gasteiger partial charge in [0.05, 0.1) is 18.8 Å². The molecule has 2 atom stereocenters. The summed E-state index contributed by atoms with van der Waals surface area (Å²) < 4.78 is 26.7. The quantitative estimate of drug-likeness (QED) is 0.436. The number of rotatable bonds is 10. The number of hydrogen-bond acceptors (Lipinski definition) is 5. The molecular formula is C27H30FN3O5. The third-order valence-corrected chi connectivity index (χ3v) is 6.30. The van der Waals surface area contributed by atoms with Gasteiger partial charge in [-0.2, -0.15) is 5.10 Å². The Labute approximate surface area is 209 Å². The summed E-state index contributed by atoms with van der Waals surface area (Å²) in [5, 5.41) is 16.4. The van der Waals surface area contributed by atoms with Gasteiger partial charge in [-0.15, -0.1) is 0 Å². The molecular weight excluding hydrogens is 465 g/mol. The molecule has 190 valence electrons. The molecule has 3 aromatic rings. The summed E-state index contributed by atoms with van der Waals surface area (Å²) in [7, 11) is 0. The van der Waals surface area contributed by atoms with Gasteiger partial charge in [-0.05, 0) is 48.6 Å². The zero-order valence-electron chi connectivity index (χ0n) is 20.2. The fraction of sp³-hybridized carbons (Fsp3) is 0.370. The lowest BCUT2D eigenvalue weighted by Gasteiger charge is -2.32. The number of halogens is 1. The molecule has 1 aliphatic carbocycles. The Balaban J connectivity index is 1.40. The molecule has 2 N–H and O–H groups in total. The Morgan fingerprint density at radius 2 is 1.89 bits per heavy atom. The Morgan fingerprint density at radius 3 is 2.67 bits per heavy atom. The van der Waals surface area contributed by atoms with E-state index in [0.717, 1.165) is 36.8 Å². The van der Waals surface area contributed by atoms with E-state index in [4.69, 9.17) is 9.47 Å². The summed E-state index contributed by atoms with van der Waals surface area (Å²) in [6.07, 6.45) is 3.56. The summed E-state index contributed by atoms with van der Waals surface area (Å²) >= 11 is 0. The third kappa shape index (κ3) is 6.69. The first-order chi connectivity index (χ1) is 17.4. The summed E-state index contributed by atoms with van der Waals surface area (Å²) in [6, 6.07) is 15.4. The summed E-state index contributed by atoms with van der Waals surface area (Å²) in [5.41, 5.74) is 2.28. The topological polar surface area (TPSA) is 103 Å². The second-order valence-corrected chi connectivity index (χ2v) is 8.98. The fourth-order valence-corrected chi connectivity index (χ4v) is 4.31. The monoisotopic (exact) mass is 495 g/mol. The van der Waals surface area contributed by atoms with E-state index >= 15 is 0 Å². The van der Waals surface area contributed by atoms with E-state index in [-0.39, 0.29) is 42.8 Å². The van der Waals surface area contributed by atoms with Gasteiger partial charge in [0.1, 0.15) is 19.0 Å². The number of aromatic carboxylic acids is 1. The maximum absolute atomic E-state index is 13.6. The van der Waals surface area contributed by atoms with Crippen LogP contribution in [0.1, 0.15) is 52.9 Å². The molecule has 36 heavy (non-hydrogen) atoms. The number of nitrogens with zero attached hydrogens (tertiary/aromatic N) is 2. The number of carboxylic acid groups (broad SMARTS) is 1. The fourth-order valence-electron chi connectivity index (χ4n) is 4.31. The molecule has 1 aliphatic rings. The first-order valence-corrected chi connectivity index (χ1v) is 12.0. The number of aryl methyl sites for hydroxylation is 1. The first-order valence-electron chi connectivity index (χ1n) is 12.0. The number of carbonyl (C=O) groups is 2. The lowest BCUT2D eigenvalue weighted by molar-refractivity contribution is -0.124. The first kappa shape index (κ1) is 25.4.